The smallest absolute Gasteiger partial charge is 0.226 e. The van der Waals surface area contributed by atoms with Gasteiger partial charge in [0.15, 0.2) is 0 Å². The molecule has 5 heterocycles. The monoisotopic (exact) mass is 429 g/mol. The highest BCUT2D eigenvalue weighted by Gasteiger charge is 2.21. The zero-order valence-electron chi connectivity index (χ0n) is 18.3. The van der Waals surface area contributed by atoms with Crippen LogP contribution in [-0.4, -0.2) is 56.9 Å². The molecule has 0 bridgehead atoms. The second-order valence-corrected chi connectivity index (χ2v) is 8.68. The molecule has 8 nitrogen and oxygen atoms in total. The number of nitrogens with zero attached hydrogens (tertiary/aromatic N) is 6. The molecule has 2 fully saturated rings. The van der Waals surface area contributed by atoms with E-state index in [-0.39, 0.29) is 0 Å². The van der Waals surface area contributed by atoms with Gasteiger partial charge in [0.1, 0.15) is 17.2 Å². The van der Waals surface area contributed by atoms with Gasteiger partial charge in [0.05, 0.1) is 22.2 Å². The minimum Gasteiger partial charge on any atom is -0.381 e. The quantitative estimate of drug-likeness (QED) is 0.528. The van der Waals surface area contributed by atoms with Crippen molar-refractivity contribution < 1.29 is 4.74 Å². The number of aryl methyl sites for hydroxylation is 1. The van der Waals surface area contributed by atoms with Crippen LogP contribution in [0.25, 0.3) is 27.9 Å². The number of aromatic nitrogens is 5. The zero-order valence-corrected chi connectivity index (χ0v) is 18.3. The van der Waals surface area contributed by atoms with Gasteiger partial charge in [0.2, 0.25) is 5.95 Å². The van der Waals surface area contributed by atoms with Crippen LogP contribution in [0.3, 0.4) is 0 Å². The predicted octanol–water partition coefficient (Wildman–Crippen LogP) is 3.84. The summed E-state index contributed by atoms with van der Waals surface area (Å²) in [5.74, 6) is 1.80. The lowest BCUT2D eigenvalue weighted by Crippen LogP contribution is -2.30. The number of hydrogen-bond acceptors (Lipinski definition) is 7. The van der Waals surface area contributed by atoms with Crippen LogP contribution in [0.4, 0.5) is 11.8 Å². The van der Waals surface area contributed by atoms with Gasteiger partial charge in [0, 0.05) is 38.4 Å². The maximum absolute atomic E-state index is 5.53. The highest BCUT2D eigenvalue weighted by Crippen LogP contribution is 2.28. The van der Waals surface area contributed by atoms with Crippen LogP contribution in [-0.2, 0) is 4.74 Å². The number of ether oxygens (including phenoxy) is 1. The molecule has 3 aromatic heterocycles. The molecular weight excluding hydrogens is 402 g/mol. The first-order valence-electron chi connectivity index (χ1n) is 11.5. The topological polar surface area (TPSA) is 80.5 Å². The Morgan fingerprint density at radius 3 is 2.50 bits per heavy atom. The van der Waals surface area contributed by atoms with Crippen LogP contribution < -0.4 is 10.2 Å². The number of nitrogens with one attached hydrogen (secondary N) is 1. The summed E-state index contributed by atoms with van der Waals surface area (Å²) in [7, 11) is 0. The number of anilines is 2. The molecule has 0 unspecified atom stereocenters. The van der Waals surface area contributed by atoms with Crippen LogP contribution in [0, 0.1) is 6.92 Å². The van der Waals surface area contributed by atoms with Crippen molar-refractivity contribution in [3.63, 3.8) is 0 Å². The minimum absolute atomic E-state index is 0.336. The van der Waals surface area contributed by atoms with Gasteiger partial charge in [-0.25, -0.2) is 9.97 Å². The normalized spacial score (nSPS) is 17.5. The fraction of sp³-hybridized carbons (Fsp3) is 0.417. The van der Waals surface area contributed by atoms with Crippen LogP contribution in [0.2, 0.25) is 0 Å². The van der Waals surface area contributed by atoms with Gasteiger partial charge >= 0.3 is 0 Å². The van der Waals surface area contributed by atoms with Gasteiger partial charge in [-0.3, -0.25) is 0 Å². The molecule has 32 heavy (non-hydrogen) atoms. The van der Waals surface area contributed by atoms with Gasteiger partial charge < -0.3 is 15.0 Å². The number of rotatable bonds is 4. The fourth-order valence-electron chi connectivity index (χ4n) is 4.66. The Morgan fingerprint density at radius 1 is 0.969 bits per heavy atom. The van der Waals surface area contributed by atoms with E-state index in [2.05, 4.69) is 22.3 Å². The average Bonchev–Trinajstić information content (AvgIpc) is 3.49. The molecule has 0 saturated carbocycles. The summed E-state index contributed by atoms with van der Waals surface area (Å²) in [5, 5.41) is 8.57. The summed E-state index contributed by atoms with van der Waals surface area (Å²) in [6.45, 7) is 5.66. The Bertz CT molecular complexity index is 1270. The number of para-hydroxylation sites is 2. The van der Waals surface area contributed by atoms with Crippen molar-refractivity contribution in [3.05, 3.63) is 42.1 Å². The summed E-state index contributed by atoms with van der Waals surface area (Å²) < 4.78 is 7.45. The second-order valence-electron chi connectivity index (χ2n) is 8.68. The van der Waals surface area contributed by atoms with E-state index in [4.69, 9.17) is 24.8 Å². The molecule has 6 rings (SSSR count). The molecule has 0 spiro atoms. The predicted molar refractivity (Wildman–Crippen MR) is 125 cm³/mol. The zero-order chi connectivity index (χ0) is 21.5. The number of benzene rings is 1. The lowest BCUT2D eigenvalue weighted by atomic mass is 10.1. The molecule has 2 aliphatic heterocycles. The molecule has 164 valence electrons. The molecule has 1 N–H and O–H groups in total. The molecule has 0 aliphatic carbocycles. The van der Waals surface area contributed by atoms with Gasteiger partial charge in [-0.15, -0.1) is 0 Å². The summed E-state index contributed by atoms with van der Waals surface area (Å²) in [4.78, 5) is 17.0. The minimum atomic E-state index is 0.336. The molecular formula is C24H27N7O. The maximum Gasteiger partial charge on any atom is 0.226 e. The molecule has 4 aromatic rings. The summed E-state index contributed by atoms with van der Waals surface area (Å²) in [6.07, 6.45) is 4.37. The maximum atomic E-state index is 5.53. The molecule has 0 amide bonds. The molecule has 2 aliphatic rings. The van der Waals surface area contributed by atoms with Crippen molar-refractivity contribution in [2.24, 2.45) is 0 Å². The first kappa shape index (κ1) is 19.4. The highest BCUT2D eigenvalue weighted by molar-refractivity contribution is 5.78. The van der Waals surface area contributed by atoms with Crippen LogP contribution in [0.5, 0.6) is 0 Å². The molecule has 8 heteroatoms. The Balaban J connectivity index is 1.46. The molecule has 1 aromatic carbocycles. The van der Waals surface area contributed by atoms with Crippen LogP contribution in [0.1, 0.15) is 31.4 Å². The van der Waals surface area contributed by atoms with Crippen molar-refractivity contribution in [2.75, 3.05) is 36.5 Å². The van der Waals surface area contributed by atoms with E-state index in [1.807, 2.05) is 35.7 Å². The lowest BCUT2D eigenvalue weighted by Gasteiger charge is -2.25. The number of fused-ring (bicyclic) bond motifs is 2. The van der Waals surface area contributed by atoms with Gasteiger partial charge in [0.25, 0.3) is 0 Å². The van der Waals surface area contributed by atoms with E-state index in [0.29, 0.717) is 6.04 Å². The average molecular weight is 430 g/mol. The molecule has 0 atom stereocenters. The van der Waals surface area contributed by atoms with Crippen LogP contribution in [0.15, 0.2) is 36.4 Å². The van der Waals surface area contributed by atoms with Crippen LogP contribution >= 0.6 is 0 Å². The van der Waals surface area contributed by atoms with Crippen molar-refractivity contribution in [1.29, 1.82) is 0 Å². The summed E-state index contributed by atoms with van der Waals surface area (Å²) >= 11 is 0. The lowest BCUT2D eigenvalue weighted by molar-refractivity contribution is 0.0902. The number of hydrogen-bond donors (Lipinski definition) is 1. The van der Waals surface area contributed by atoms with Crippen molar-refractivity contribution in [2.45, 2.75) is 38.6 Å². The van der Waals surface area contributed by atoms with E-state index < -0.39 is 0 Å². The van der Waals surface area contributed by atoms with E-state index in [9.17, 15) is 0 Å². The van der Waals surface area contributed by atoms with E-state index in [1.165, 1.54) is 12.8 Å². The Labute approximate surface area is 186 Å². The molecule has 0 radical (unpaired) electrons. The Hall–Kier alpha value is -3.26. The van der Waals surface area contributed by atoms with Gasteiger partial charge in [-0.2, -0.15) is 14.6 Å². The Kier molecular flexibility index (Phi) is 4.87. The van der Waals surface area contributed by atoms with Crippen molar-refractivity contribution in [3.8, 4) is 11.4 Å². The first-order valence-corrected chi connectivity index (χ1v) is 11.5. The van der Waals surface area contributed by atoms with E-state index >= 15 is 0 Å². The second kappa shape index (κ2) is 8.02. The standard InChI is InChI=1S/C24H27N7O/c1-16-23(27-20-7-3-2-6-19(20)25-16)21-14-18-15-22(30-10-4-5-11-30)28-24(31(18)29-21)26-17-8-12-32-13-9-17/h2-3,6-7,14-15,17H,4-5,8-13H2,1H3,(H,26,28). The van der Waals surface area contributed by atoms with Crippen molar-refractivity contribution >= 4 is 28.3 Å². The molecule has 2 saturated heterocycles. The first-order chi connectivity index (χ1) is 15.7. The summed E-state index contributed by atoms with van der Waals surface area (Å²) in [5.41, 5.74) is 5.29. The Morgan fingerprint density at radius 2 is 1.72 bits per heavy atom. The van der Waals surface area contributed by atoms with E-state index in [0.717, 1.165) is 84.5 Å². The third-order valence-corrected chi connectivity index (χ3v) is 6.41. The highest BCUT2D eigenvalue weighted by atomic mass is 16.5. The van der Waals surface area contributed by atoms with Crippen molar-refractivity contribution in [1.82, 2.24) is 24.6 Å². The summed E-state index contributed by atoms with van der Waals surface area (Å²) in [6, 6.07) is 12.5. The van der Waals surface area contributed by atoms with E-state index in [1.54, 1.807) is 0 Å². The largest absolute Gasteiger partial charge is 0.381 e. The van der Waals surface area contributed by atoms with Gasteiger partial charge in [-0.1, -0.05) is 12.1 Å². The third-order valence-electron chi connectivity index (χ3n) is 6.41. The van der Waals surface area contributed by atoms with Gasteiger partial charge in [-0.05, 0) is 50.8 Å². The fourth-order valence-corrected chi connectivity index (χ4v) is 4.66. The SMILES string of the molecule is Cc1nc2ccccc2nc1-c1cc2cc(N3CCCC3)nc(NC3CCOCC3)n2n1. The third kappa shape index (κ3) is 3.54.